The molecule has 0 amide bonds. The van der Waals surface area contributed by atoms with Crippen LogP contribution in [0.25, 0.3) is 0 Å². The first-order chi connectivity index (χ1) is 9.33. The van der Waals surface area contributed by atoms with E-state index in [4.69, 9.17) is 19.0 Å². The summed E-state index contributed by atoms with van der Waals surface area (Å²) in [6.07, 6.45) is 0.327. The molecule has 0 saturated carbocycles. The number of nitrogens with zero attached hydrogens (tertiary/aromatic N) is 1. The van der Waals surface area contributed by atoms with Crippen molar-refractivity contribution in [3.05, 3.63) is 29.8 Å². The van der Waals surface area contributed by atoms with Gasteiger partial charge in [-0.1, -0.05) is 17.3 Å². The van der Waals surface area contributed by atoms with Gasteiger partial charge in [-0.2, -0.15) is 0 Å². The van der Waals surface area contributed by atoms with E-state index in [1.54, 1.807) is 0 Å². The van der Waals surface area contributed by atoms with Gasteiger partial charge in [-0.15, -0.1) is 0 Å². The van der Waals surface area contributed by atoms with Crippen molar-refractivity contribution in [3.8, 4) is 5.75 Å². The summed E-state index contributed by atoms with van der Waals surface area (Å²) in [6, 6.07) is 7.83. The summed E-state index contributed by atoms with van der Waals surface area (Å²) in [7, 11) is 0. The molecule has 4 rings (SSSR count). The van der Waals surface area contributed by atoms with E-state index in [-0.39, 0.29) is 12.4 Å². The van der Waals surface area contributed by atoms with E-state index in [1.165, 1.54) is 0 Å². The van der Waals surface area contributed by atoms with Gasteiger partial charge in [-0.25, -0.2) is 0 Å². The molecule has 0 bridgehead atoms. The summed E-state index contributed by atoms with van der Waals surface area (Å²) < 4.78 is 17.5. The third-order valence-electron chi connectivity index (χ3n) is 3.88. The average Bonchev–Trinajstić information content (AvgIpc) is 2.93. The van der Waals surface area contributed by atoms with Gasteiger partial charge in [0.1, 0.15) is 18.1 Å². The van der Waals surface area contributed by atoms with Crippen LogP contribution >= 0.6 is 0 Å². The molecule has 0 aromatic heterocycles. The molecule has 19 heavy (non-hydrogen) atoms. The second kappa shape index (κ2) is 3.95. The van der Waals surface area contributed by atoms with E-state index < -0.39 is 5.60 Å². The van der Waals surface area contributed by atoms with Crippen LogP contribution in [0.15, 0.2) is 29.4 Å². The highest BCUT2D eigenvalue weighted by atomic mass is 16.7. The van der Waals surface area contributed by atoms with Crippen LogP contribution in [0.3, 0.4) is 0 Å². The topological polar surface area (TPSA) is 49.3 Å². The first-order valence-electron chi connectivity index (χ1n) is 6.59. The molecular weight excluding hydrogens is 246 g/mol. The second-order valence-corrected chi connectivity index (χ2v) is 4.95. The average molecular weight is 261 g/mol. The number of rotatable bonds is 2. The molecule has 3 atom stereocenters. The monoisotopic (exact) mass is 261 g/mol. The van der Waals surface area contributed by atoms with Crippen molar-refractivity contribution in [2.24, 2.45) is 5.16 Å². The number of oxime groups is 1. The molecule has 100 valence electrons. The van der Waals surface area contributed by atoms with Crippen LogP contribution in [0.5, 0.6) is 5.75 Å². The van der Waals surface area contributed by atoms with Gasteiger partial charge in [0.05, 0.1) is 0 Å². The number of hydrogen-bond acceptors (Lipinski definition) is 5. The smallest absolute Gasteiger partial charge is 0.190 e. The zero-order valence-electron chi connectivity index (χ0n) is 10.7. The summed E-state index contributed by atoms with van der Waals surface area (Å²) in [6.45, 7) is 3.01. The highest BCUT2D eigenvalue weighted by Gasteiger charge is 2.61. The minimum atomic E-state index is -0.603. The molecular formula is C14H15NO4. The minimum Gasteiger partial charge on any atom is -0.489 e. The number of hydrogen-bond donors (Lipinski definition) is 0. The predicted molar refractivity (Wildman–Crippen MR) is 67.2 cm³/mol. The molecule has 5 heteroatoms. The highest BCUT2D eigenvalue weighted by molar-refractivity contribution is 6.10. The lowest BCUT2D eigenvalue weighted by molar-refractivity contribution is -0.157. The maximum atomic E-state index is 6.07. The quantitative estimate of drug-likeness (QED) is 0.813. The third-order valence-corrected chi connectivity index (χ3v) is 3.88. The van der Waals surface area contributed by atoms with Gasteiger partial charge >= 0.3 is 0 Å². The van der Waals surface area contributed by atoms with E-state index in [0.717, 1.165) is 17.0 Å². The summed E-state index contributed by atoms with van der Waals surface area (Å²) >= 11 is 0. The van der Waals surface area contributed by atoms with Gasteiger partial charge in [0.2, 0.25) is 0 Å². The van der Waals surface area contributed by atoms with Crippen molar-refractivity contribution in [2.75, 3.05) is 13.2 Å². The van der Waals surface area contributed by atoms with Gasteiger partial charge < -0.3 is 19.0 Å². The number of ether oxygens (including phenoxy) is 3. The van der Waals surface area contributed by atoms with Crippen molar-refractivity contribution in [2.45, 2.75) is 31.3 Å². The molecule has 3 aliphatic heterocycles. The van der Waals surface area contributed by atoms with Crippen LogP contribution in [-0.2, 0) is 14.3 Å². The summed E-state index contributed by atoms with van der Waals surface area (Å²) in [5.41, 5.74) is 1.18. The Morgan fingerprint density at radius 3 is 3.21 bits per heavy atom. The predicted octanol–water partition coefficient (Wildman–Crippen LogP) is 1.70. The third kappa shape index (κ3) is 1.45. The first kappa shape index (κ1) is 11.3. The molecule has 1 aromatic rings. The lowest BCUT2D eigenvalue weighted by Gasteiger charge is -2.32. The molecule has 1 aromatic carbocycles. The lowest BCUT2D eigenvalue weighted by atomic mass is 9.86. The van der Waals surface area contributed by atoms with E-state index in [9.17, 15) is 0 Å². The van der Waals surface area contributed by atoms with E-state index in [1.807, 2.05) is 31.2 Å². The Balaban J connectivity index is 1.73. The van der Waals surface area contributed by atoms with Crippen molar-refractivity contribution >= 4 is 5.71 Å². The van der Waals surface area contributed by atoms with Crippen LogP contribution in [0.1, 0.15) is 18.9 Å². The van der Waals surface area contributed by atoms with Gasteiger partial charge in [-0.3, -0.25) is 0 Å². The van der Waals surface area contributed by atoms with Gasteiger partial charge in [0.25, 0.3) is 0 Å². The zero-order valence-corrected chi connectivity index (χ0v) is 10.7. The summed E-state index contributed by atoms with van der Waals surface area (Å²) in [5.74, 6) is 0.833. The van der Waals surface area contributed by atoms with E-state index >= 15 is 0 Å². The van der Waals surface area contributed by atoms with Crippen LogP contribution in [0.2, 0.25) is 0 Å². The van der Waals surface area contributed by atoms with Gasteiger partial charge in [0.15, 0.2) is 18.0 Å². The number of fused-ring (bicyclic) bond motifs is 2. The van der Waals surface area contributed by atoms with Crippen LogP contribution in [0.4, 0.5) is 0 Å². The van der Waals surface area contributed by atoms with E-state index in [0.29, 0.717) is 19.6 Å². The fourth-order valence-electron chi connectivity index (χ4n) is 2.99. The Morgan fingerprint density at radius 1 is 1.42 bits per heavy atom. The first-order valence-corrected chi connectivity index (χ1v) is 6.59. The lowest BCUT2D eigenvalue weighted by Crippen LogP contribution is -2.52. The second-order valence-electron chi connectivity index (χ2n) is 4.95. The highest BCUT2D eigenvalue weighted by Crippen LogP contribution is 2.45. The van der Waals surface area contributed by atoms with E-state index in [2.05, 4.69) is 5.16 Å². The Kier molecular flexibility index (Phi) is 2.34. The maximum absolute atomic E-state index is 6.07. The molecule has 1 fully saturated rings. The maximum Gasteiger partial charge on any atom is 0.190 e. The summed E-state index contributed by atoms with van der Waals surface area (Å²) in [4.78, 5) is 5.55. The molecule has 0 N–H and O–H groups in total. The normalized spacial score (nSPS) is 34.7. The molecule has 3 heterocycles. The number of benzene rings is 1. The SMILES string of the molecule is CCOC1CC2ON=C3c4ccccc4OCC32O1. The Hall–Kier alpha value is -1.59. The van der Waals surface area contributed by atoms with Crippen LogP contribution in [-0.4, -0.2) is 36.9 Å². The Labute approximate surface area is 111 Å². The Morgan fingerprint density at radius 2 is 2.32 bits per heavy atom. The largest absolute Gasteiger partial charge is 0.489 e. The standard InChI is InChI=1S/C14H15NO4/c1-2-16-12-7-11-14(18-12)8-17-10-6-4-3-5-9(10)13(14)15-19-11/h3-6,11-12H,2,7-8H2,1H3. The van der Waals surface area contributed by atoms with Crippen molar-refractivity contribution < 1.29 is 19.0 Å². The molecule has 0 aliphatic carbocycles. The molecule has 3 unspecified atom stereocenters. The molecule has 3 aliphatic rings. The fraction of sp³-hybridized carbons (Fsp3) is 0.500. The van der Waals surface area contributed by atoms with Crippen LogP contribution in [0, 0.1) is 0 Å². The molecule has 1 saturated heterocycles. The van der Waals surface area contributed by atoms with Gasteiger partial charge in [-0.05, 0) is 19.1 Å². The number of para-hydroxylation sites is 1. The zero-order chi connectivity index (χ0) is 12.9. The Bertz CT molecular complexity index is 544. The van der Waals surface area contributed by atoms with Crippen molar-refractivity contribution in [1.29, 1.82) is 0 Å². The van der Waals surface area contributed by atoms with Crippen LogP contribution < -0.4 is 4.74 Å². The van der Waals surface area contributed by atoms with Gasteiger partial charge in [0, 0.05) is 18.6 Å². The fourth-order valence-corrected chi connectivity index (χ4v) is 2.99. The molecule has 0 radical (unpaired) electrons. The van der Waals surface area contributed by atoms with Crippen molar-refractivity contribution in [1.82, 2.24) is 0 Å². The molecule has 1 spiro atoms. The van der Waals surface area contributed by atoms with Crippen molar-refractivity contribution in [3.63, 3.8) is 0 Å². The summed E-state index contributed by atoms with van der Waals surface area (Å²) in [5, 5.41) is 4.22. The molecule has 5 nitrogen and oxygen atoms in total. The minimum absolute atomic E-state index is 0.118.